The molecule has 24 heavy (non-hydrogen) atoms. The second-order valence-electron chi connectivity index (χ2n) is 6.25. The molecule has 1 aromatic rings. The molecule has 0 aromatic heterocycles. The number of carboxylic acid groups (broad SMARTS) is 1. The van der Waals surface area contributed by atoms with Crippen molar-refractivity contribution in [2.24, 2.45) is 0 Å². The smallest absolute Gasteiger partial charge is 0.332 e. The van der Waals surface area contributed by atoms with Crippen molar-refractivity contribution in [2.75, 3.05) is 13.2 Å². The fourth-order valence-electron chi connectivity index (χ4n) is 3.16. The molecule has 0 spiro atoms. The maximum Gasteiger partial charge on any atom is 0.332 e. The first kappa shape index (κ1) is 17.2. The van der Waals surface area contributed by atoms with Crippen molar-refractivity contribution in [1.29, 1.82) is 0 Å². The molecule has 1 amide bonds. The molecule has 130 valence electrons. The van der Waals surface area contributed by atoms with E-state index in [1.54, 1.807) is 11.0 Å². The Morgan fingerprint density at radius 3 is 2.71 bits per heavy atom. The Hall–Kier alpha value is -1.63. The van der Waals surface area contributed by atoms with Gasteiger partial charge >= 0.3 is 5.97 Å². The van der Waals surface area contributed by atoms with Crippen LogP contribution in [-0.2, 0) is 19.1 Å². The van der Waals surface area contributed by atoms with Crippen molar-refractivity contribution in [3.8, 4) is 0 Å². The zero-order valence-corrected chi connectivity index (χ0v) is 14.1. The molecule has 6 nitrogen and oxygen atoms in total. The Labute approximate surface area is 145 Å². The highest BCUT2D eigenvalue weighted by atomic mass is 35.5. The number of benzene rings is 1. The van der Waals surface area contributed by atoms with Crippen LogP contribution in [0.1, 0.15) is 31.4 Å². The van der Waals surface area contributed by atoms with Gasteiger partial charge in [-0.3, -0.25) is 4.79 Å². The summed E-state index contributed by atoms with van der Waals surface area (Å²) in [7, 11) is 0. The van der Waals surface area contributed by atoms with E-state index in [0.29, 0.717) is 31.0 Å². The third kappa shape index (κ3) is 3.55. The highest BCUT2D eigenvalue weighted by Gasteiger charge is 2.40. The summed E-state index contributed by atoms with van der Waals surface area (Å²) in [5, 5.41) is 9.63. The zero-order valence-electron chi connectivity index (χ0n) is 13.4. The molecule has 7 heteroatoms. The van der Waals surface area contributed by atoms with E-state index in [1.165, 1.54) is 0 Å². The number of morpholine rings is 1. The van der Waals surface area contributed by atoms with Crippen LogP contribution in [0.4, 0.5) is 0 Å². The predicted molar refractivity (Wildman–Crippen MR) is 86.9 cm³/mol. The number of nitrogens with zero attached hydrogens (tertiary/aromatic N) is 1. The maximum atomic E-state index is 12.7. The highest BCUT2D eigenvalue weighted by Crippen LogP contribution is 2.29. The van der Waals surface area contributed by atoms with Crippen LogP contribution in [0, 0.1) is 0 Å². The third-order valence-electron chi connectivity index (χ3n) is 4.51. The molecule has 0 saturated carbocycles. The standard InChI is InChI=1S/C17H20ClNO5/c1-10-9-23-15(11-3-2-4-12(18)7-11)8-19(10)16(20)13-5-6-14(24-13)17(21)22/h2-4,7,10,13-15H,5-6,8-9H2,1H3,(H,21,22)/t10?,13-,14+,15?/m0/s1. The minimum absolute atomic E-state index is 0.0830. The van der Waals surface area contributed by atoms with Gasteiger partial charge in [-0.05, 0) is 37.5 Å². The number of halogens is 1. The monoisotopic (exact) mass is 353 g/mol. The van der Waals surface area contributed by atoms with Crippen molar-refractivity contribution in [3.05, 3.63) is 34.9 Å². The summed E-state index contributed by atoms with van der Waals surface area (Å²) in [5.41, 5.74) is 0.919. The van der Waals surface area contributed by atoms with Crippen LogP contribution in [0.3, 0.4) is 0 Å². The molecule has 1 aromatic carbocycles. The van der Waals surface area contributed by atoms with Gasteiger partial charge in [-0.25, -0.2) is 4.79 Å². The lowest BCUT2D eigenvalue weighted by Gasteiger charge is -2.39. The lowest BCUT2D eigenvalue weighted by atomic mass is 10.0. The average Bonchev–Trinajstić information content (AvgIpc) is 3.05. The fourth-order valence-corrected chi connectivity index (χ4v) is 3.36. The number of carbonyl (C=O) groups is 2. The lowest BCUT2D eigenvalue weighted by Crippen LogP contribution is -2.51. The molecular weight excluding hydrogens is 334 g/mol. The van der Waals surface area contributed by atoms with E-state index in [1.807, 2.05) is 25.1 Å². The van der Waals surface area contributed by atoms with Gasteiger partial charge in [-0.2, -0.15) is 0 Å². The Morgan fingerprint density at radius 1 is 1.29 bits per heavy atom. The van der Waals surface area contributed by atoms with E-state index >= 15 is 0 Å². The highest BCUT2D eigenvalue weighted by molar-refractivity contribution is 6.30. The summed E-state index contributed by atoms with van der Waals surface area (Å²) in [6.07, 6.45) is -1.03. The summed E-state index contributed by atoms with van der Waals surface area (Å²) in [4.78, 5) is 25.5. The first-order chi connectivity index (χ1) is 11.5. The van der Waals surface area contributed by atoms with Crippen LogP contribution in [0.2, 0.25) is 5.02 Å². The zero-order chi connectivity index (χ0) is 17.3. The summed E-state index contributed by atoms with van der Waals surface area (Å²) in [6.45, 7) is 2.73. The molecule has 2 unspecified atom stereocenters. The Balaban J connectivity index is 1.70. The van der Waals surface area contributed by atoms with Gasteiger partial charge < -0.3 is 19.5 Å². The molecule has 2 aliphatic rings. The number of rotatable bonds is 3. The van der Waals surface area contributed by atoms with E-state index in [4.69, 9.17) is 26.2 Å². The molecular formula is C17H20ClNO5. The minimum Gasteiger partial charge on any atom is -0.479 e. The summed E-state index contributed by atoms with van der Waals surface area (Å²) in [6, 6.07) is 7.31. The second kappa shape index (κ2) is 7.09. The van der Waals surface area contributed by atoms with Gasteiger partial charge in [-0.1, -0.05) is 23.7 Å². The van der Waals surface area contributed by atoms with Crippen LogP contribution in [-0.4, -0.2) is 53.3 Å². The molecule has 2 heterocycles. The van der Waals surface area contributed by atoms with Gasteiger partial charge in [0.2, 0.25) is 0 Å². The van der Waals surface area contributed by atoms with E-state index < -0.39 is 18.2 Å². The Kier molecular flexibility index (Phi) is 5.08. The number of carbonyl (C=O) groups excluding carboxylic acids is 1. The van der Waals surface area contributed by atoms with Gasteiger partial charge in [-0.15, -0.1) is 0 Å². The first-order valence-corrected chi connectivity index (χ1v) is 8.39. The number of hydrogen-bond donors (Lipinski definition) is 1. The normalized spacial score (nSPS) is 30.3. The number of aliphatic carboxylic acids is 1. The first-order valence-electron chi connectivity index (χ1n) is 8.01. The quantitative estimate of drug-likeness (QED) is 0.902. The van der Waals surface area contributed by atoms with Crippen LogP contribution in [0.15, 0.2) is 24.3 Å². The molecule has 2 aliphatic heterocycles. The molecule has 0 bridgehead atoms. The third-order valence-corrected chi connectivity index (χ3v) is 4.74. The SMILES string of the molecule is CC1COC(c2cccc(Cl)c2)CN1C(=O)[C@@H]1CC[C@H](C(=O)O)O1. The van der Waals surface area contributed by atoms with Crippen molar-refractivity contribution in [3.63, 3.8) is 0 Å². The van der Waals surface area contributed by atoms with E-state index in [9.17, 15) is 9.59 Å². The molecule has 4 atom stereocenters. The second-order valence-corrected chi connectivity index (χ2v) is 6.68. The van der Waals surface area contributed by atoms with Gasteiger partial charge in [0.1, 0.15) is 12.2 Å². The van der Waals surface area contributed by atoms with Crippen LogP contribution in [0.5, 0.6) is 0 Å². The van der Waals surface area contributed by atoms with Crippen molar-refractivity contribution in [2.45, 2.75) is 44.1 Å². The molecule has 2 fully saturated rings. The van der Waals surface area contributed by atoms with Crippen molar-refractivity contribution in [1.82, 2.24) is 4.90 Å². The largest absolute Gasteiger partial charge is 0.479 e. The van der Waals surface area contributed by atoms with Gasteiger partial charge in [0.15, 0.2) is 6.10 Å². The van der Waals surface area contributed by atoms with Crippen LogP contribution >= 0.6 is 11.6 Å². The molecule has 3 rings (SSSR count). The number of amides is 1. The van der Waals surface area contributed by atoms with Crippen molar-refractivity contribution < 1.29 is 24.2 Å². The molecule has 1 N–H and O–H groups in total. The number of hydrogen-bond acceptors (Lipinski definition) is 4. The predicted octanol–water partition coefficient (Wildman–Crippen LogP) is 2.26. The van der Waals surface area contributed by atoms with Crippen LogP contribution in [0.25, 0.3) is 0 Å². The van der Waals surface area contributed by atoms with Gasteiger partial charge in [0, 0.05) is 5.02 Å². The van der Waals surface area contributed by atoms with Gasteiger partial charge in [0.25, 0.3) is 5.91 Å². The summed E-state index contributed by atoms with van der Waals surface area (Å²) < 4.78 is 11.2. The molecule has 0 aliphatic carbocycles. The number of ether oxygens (including phenoxy) is 2. The summed E-state index contributed by atoms with van der Waals surface area (Å²) in [5.74, 6) is -1.18. The molecule has 0 radical (unpaired) electrons. The summed E-state index contributed by atoms with van der Waals surface area (Å²) >= 11 is 6.03. The molecule has 2 saturated heterocycles. The fraction of sp³-hybridized carbons (Fsp3) is 0.529. The maximum absolute atomic E-state index is 12.7. The van der Waals surface area contributed by atoms with Crippen LogP contribution < -0.4 is 0 Å². The Bertz CT molecular complexity index is 637. The van der Waals surface area contributed by atoms with E-state index in [-0.39, 0.29) is 18.1 Å². The topological polar surface area (TPSA) is 76.1 Å². The van der Waals surface area contributed by atoms with E-state index in [0.717, 1.165) is 5.56 Å². The lowest BCUT2D eigenvalue weighted by molar-refractivity contribution is -0.161. The van der Waals surface area contributed by atoms with E-state index in [2.05, 4.69) is 0 Å². The Morgan fingerprint density at radius 2 is 2.04 bits per heavy atom. The average molecular weight is 354 g/mol. The number of carboxylic acids is 1. The van der Waals surface area contributed by atoms with Gasteiger partial charge in [0.05, 0.1) is 19.2 Å². The minimum atomic E-state index is -1.02. The van der Waals surface area contributed by atoms with Crippen molar-refractivity contribution >= 4 is 23.5 Å².